The van der Waals surface area contributed by atoms with Crippen LogP contribution < -0.4 is 4.74 Å². The van der Waals surface area contributed by atoms with Gasteiger partial charge in [0, 0.05) is 5.41 Å². The first-order valence-electron chi connectivity index (χ1n) is 7.30. The Morgan fingerprint density at radius 3 is 2.65 bits per heavy atom. The van der Waals surface area contributed by atoms with Crippen LogP contribution in [0.25, 0.3) is 6.08 Å². The minimum Gasteiger partial charge on any atom is -0.497 e. The number of carbonyl (C=O) groups excluding carboxylic acids is 1. The number of hydrogen-bond acceptors (Lipinski definition) is 2. The van der Waals surface area contributed by atoms with Gasteiger partial charge < -0.3 is 4.74 Å². The summed E-state index contributed by atoms with van der Waals surface area (Å²) >= 11 is 0. The summed E-state index contributed by atoms with van der Waals surface area (Å²) in [4.78, 5) is 12.8. The molecule has 2 aliphatic rings. The Kier molecular flexibility index (Phi) is 2.82. The molecule has 0 spiro atoms. The average molecular weight is 270 g/mol. The average Bonchev–Trinajstić information content (AvgIpc) is 2.73. The van der Waals surface area contributed by atoms with E-state index in [2.05, 4.69) is 26.8 Å². The Morgan fingerprint density at radius 2 is 2.05 bits per heavy atom. The maximum atomic E-state index is 12.8. The number of ether oxygens (including phenoxy) is 1. The number of hydrogen-bond donors (Lipinski definition) is 0. The minimum atomic E-state index is -0.178. The van der Waals surface area contributed by atoms with Crippen molar-refractivity contribution in [3.63, 3.8) is 0 Å². The number of rotatable bonds is 2. The van der Waals surface area contributed by atoms with E-state index in [9.17, 15) is 4.79 Å². The van der Waals surface area contributed by atoms with Crippen LogP contribution in [0.5, 0.6) is 5.75 Å². The summed E-state index contributed by atoms with van der Waals surface area (Å²) in [5.41, 5.74) is 1.97. The highest BCUT2D eigenvalue weighted by atomic mass is 16.5. The van der Waals surface area contributed by atoms with Crippen LogP contribution in [-0.4, -0.2) is 12.9 Å². The summed E-state index contributed by atoms with van der Waals surface area (Å²) in [6.07, 6.45) is 4.23. The fourth-order valence-corrected chi connectivity index (χ4v) is 4.00. The van der Waals surface area contributed by atoms with Crippen molar-refractivity contribution in [1.82, 2.24) is 0 Å². The van der Waals surface area contributed by atoms with Crippen LogP contribution in [0.3, 0.4) is 0 Å². The first-order chi connectivity index (χ1) is 9.40. The highest BCUT2D eigenvalue weighted by Gasteiger charge is 2.63. The molecule has 2 aliphatic carbocycles. The number of benzene rings is 1. The number of ketones is 1. The Bertz CT molecular complexity index is 597. The van der Waals surface area contributed by atoms with Crippen molar-refractivity contribution >= 4 is 11.9 Å². The maximum absolute atomic E-state index is 12.8. The van der Waals surface area contributed by atoms with Crippen molar-refractivity contribution < 1.29 is 9.53 Å². The van der Waals surface area contributed by atoms with Gasteiger partial charge >= 0.3 is 0 Å². The fraction of sp³-hybridized carbons (Fsp3) is 0.500. The molecule has 2 atom stereocenters. The van der Waals surface area contributed by atoms with Gasteiger partial charge in [-0.05, 0) is 53.5 Å². The lowest BCUT2D eigenvalue weighted by molar-refractivity contribution is -0.125. The Labute approximate surface area is 120 Å². The summed E-state index contributed by atoms with van der Waals surface area (Å²) in [5, 5.41) is 0. The van der Waals surface area contributed by atoms with Gasteiger partial charge in [-0.15, -0.1) is 0 Å². The number of Topliss-reactive ketones (excluding diaryl/α,β-unsaturated/α-hetero) is 1. The van der Waals surface area contributed by atoms with E-state index in [4.69, 9.17) is 4.74 Å². The molecule has 20 heavy (non-hydrogen) atoms. The van der Waals surface area contributed by atoms with Gasteiger partial charge in [0.25, 0.3) is 0 Å². The third-order valence-corrected chi connectivity index (χ3v) is 5.78. The summed E-state index contributed by atoms with van der Waals surface area (Å²) in [5.74, 6) is 1.58. The quantitative estimate of drug-likeness (QED) is 0.756. The third kappa shape index (κ3) is 1.60. The second kappa shape index (κ2) is 4.21. The second-order valence-corrected chi connectivity index (χ2v) is 6.85. The Morgan fingerprint density at radius 1 is 1.30 bits per heavy atom. The minimum absolute atomic E-state index is 0.0782. The zero-order valence-electron chi connectivity index (χ0n) is 12.7. The molecule has 0 N–H and O–H groups in total. The first kappa shape index (κ1) is 13.4. The molecule has 2 nitrogen and oxygen atoms in total. The largest absolute Gasteiger partial charge is 0.497 e. The predicted molar refractivity (Wildman–Crippen MR) is 80.6 cm³/mol. The lowest BCUT2D eigenvalue weighted by atomic mass is 9.70. The molecule has 0 aromatic heterocycles. The standard InChI is InChI=1S/C18H22O2/c1-17(2)15-8-9-18(17,3)16(19)14(15)11-12-6-5-7-13(10-12)20-4/h5-7,10-11,15H,8-9H2,1-4H3. The highest BCUT2D eigenvalue weighted by molar-refractivity contribution is 6.07. The molecule has 0 aliphatic heterocycles. The monoisotopic (exact) mass is 270 g/mol. The molecule has 1 aromatic rings. The molecule has 2 unspecified atom stereocenters. The molecule has 1 aromatic carbocycles. The molecular formula is C18H22O2. The van der Waals surface area contributed by atoms with Crippen LogP contribution in [0.15, 0.2) is 29.8 Å². The zero-order valence-corrected chi connectivity index (χ0v) is 12.7. The molecule has 0 amide bonds. The lowest BCUT2D eigenvalue weighted by Gasteiger charge is -2.31. The van der Waals surface area contributed by atoms with Gasteiger partial charge in [-0.25, -0.2) is 0 Å². The van der Waals surface area contributed by atoms with Crippen molar-refractivity contribution in [1.29, 1.82) is 0 Å². The Balaban J connectivity index is 2.03. The smallest absolute Gasteiger partial charge is 0.165 e. The number of fused-ring (bicyclic) bond motifs is 2. The summed E-state index contributed by atoms with van der Waals surface area (Å²) in [6, 6.07) is 7.91. The van der Waals surface area contributed by atoms with E-state index in [1.807, 2.05) is 24.3 Å². The first-order valence-corrected chi connectivity index (χ1v) is 7.30. The van der Waals surface area contributed by atoms with E-state index in [0.29, 0.717) is 11.7 Å². The molecule has 0 heterocycles. The molecule has 0 saturated heterocycles. The van der Waals surface area contributed by atoms with Crippen LogP contribution >= 0.6 is 0 Å². The van der Waals surface area contributed by atoms with Crippen LogP contribution in [0.1, 0.15) is 39.2 Å². The van der Waals surface area contributed by atoms with Crippen molar-refractivity contribution in [2.75, 3.05) is 7.11 Å². The van der Waals surface area contributed by atoms with Crippen molar-refractivity contribution in [3.8, 4) is 5.75 Å². The molecule has 2 saturated carbocycles. The fourth-order valence-electron chi connectivity index (χ4n) is 4.00. The van der Waals surface area contributed by atoms with Gasteiger partial charge in [0.15, 0.2) is 5.78 Å². The van der Waals surface area contributed by atoms with E-state index in [0.717, 1.165) is 29.7 Å². The van der Waals surface area contributed by atoms with Crippen molar-refractivity contribution in [3.05, 3.63) is 35.4 Å². The van der Waals surface area contributed by atoms with Gasteiger partial charge in [-0.3, -0.25) is 4.79 Å². The highest BCUT2D eigenvalue weighted by Crippen LogP contribution is 2.65. The van der Waals surface area contributed by atoms with Gasteiger partial charge in [0.2, 0.25) is 0 Å². The van der Waals surface area contributed by atoms with E-state index in [-0.39, 0.29) is 10.8 Å². The van der Waals surface area contributed by atoms with Crippen LogP contribution in [0, 0.1) is 16.7 Å². The normalized spacial score (nSPS) is 32.9. The van der Waals surface area contributed by atoms with Gasteiger partial charge in [-0.1, -0.05) is 32.9 Å². The van der Waals surface area contributed by atoms with Crippen LogP contribution in [0.2, 0.25) is 0 Å². The molecule has 2 heteroatoms. The second-order valence-electron chi connectivity index (χ2n) is 6.85. The summed E-state index contributed by atoms with van der Waals surface area (Å²) in [7, 11) is 1.67. The zero-order chi connectivity index (χ0) is 14.5. The van der Waals surface area contributed by atoms with Gasteiger partial charge in [-0.2, -0.15) is 0 Å². The molecule has 106 valence electrons. The maximum Gasteiger partial charge on any atom is 0.165 e. The molecule has 0 radical (unpaired) electrons. The van der Waals surface area contributed by atoms with Gasteiger partial charge in [0.05, 0.1) is 7.11 Å². The number of carbonyl (C=O) groups is 1. The molecule has 3 rings (SSSR count). The SMILES string of the molecule is COc1cccc(C=C2C(=O)C3(C)CCC2C3(C)C)c1. The van der Waals surface area contributed by atoms with E-state index in [1.165, 1.54) is 0 Å². The number of methoxy groups -OCH3 is 1. The van der Waals surface area contributed by atoms with E-state index >= 15 is 0 Å². The predicted octanol–water partition coefficient (Wildman–Crippen LogP) is 4.10. The van der Waals surface area contributed by atoms with E-state index in [1.54, 1.807) is 7.11 Å². The lowest BCUT2D eigenvalue weighted by Crippen LogP contribution is -2.32. The summed E-state index contributed by atoms with van der Waals surface area (Å²) < 4.78 is 5.25. The molecule has 2 bridgehead atoms. The van der Waals surface area contributed by atoms with Gasteiger partial charge in [0.1, 0.15) is 5.75 Å². The summed E-state index contributed by atoms with van der Waals surface area (Å²) in [6.45, 7) is 6.63. The topological polar surface area (TPSA) is 26.3 Å². The molecular weight excluding hydrogens is 248 g/mol. The number of allylic oxidation sites excluding steroid dienone is 1. The third-order valence-electron chi connectivity index (χ3n) is 5.78. The molecule has 2 fully saturated rings. The van der Waals surface area contributed by atoms with E-state index < -0.39 is 0 Å². The van der Waals surface area contributed by atoms with Crippen molar-refractivity contribution in [2.24, 2.45) is 16.7 Å². The van der Waals surface area contributed by atoms with Crippen LogP contribution in [0.4, 0.5) is 0 Å². The van der Waals surface area contributed by atoms with Crippen LogP contribution in [-0.2, 0) is 4.79 Å². The Hall–Kier alpha value is -1.57. The van der Waals surface area contributed by atoms with Crippen molar-refractivity contribution in [2.45, 2.75) is 33.6 Å².